The van der Waals surface area contributed by atoms with Gasteiger partial charge in [0.05, 0.1) is 11.5 Å². The maximum Gasteiger partial charge on any atom is 0.516 e. The lowest BCUT2D eigenvalue weighted by Crippen LogP contribution is -2.41. The van der Waals surface area contributed by atoms with Gasteiger partial charge in [-0.1, -0.05) is 6.92 Å². The van der Waals surface area contributed by atoms with Crippen LogP contribution >= 0.6 is 0 Å². The molecule has 0 aliphatic carbocycles. The first kappa shape index (κ1) is 12.3. The van der Waals surface area contributed by atoms with Crippen LogP contribution in [0, 0.1) is 16.0 Å². The summed E-state index contributed by atoms with van der Waals surface area (Å²) in [6.07, 6.45) is -1.46. The van der Waals surface area contributed by atoms with Crippen LogP contribution in [0.4, 0.5) is 10.5 Å². The van der Waals surface area contributed by atoms with Crippen molar-refractivity contribution in [2.24, 2.45) is 5.92 Å². The summed E-state index contributed by atoms with van der Waals surface area (Å²) in [7, 11) is 0. The average molecular weight is 253 g/mol. The quantitative estimate of drug-likeness (QED) is 0.355. The summed E-state index contributed by atoms with van der Waals surface area (Å²) in [4.78, 5) is 21.2. The molecule has 7 nitrogen and oxygen atoms in total. The lowest BCUT2D eigenvalue weighted by atomic mass is 10.1. The van der Waals surface area contributed by atoms with Gasteiger partial charge in [0.25, 0.3) is 5.69 Å². The van der Waals surface area contributed by atoms with Gasteiger partial charge in [-0.05, 0) is 12.1 Å². The minimum atomic E-state index is -0.889. The maximum atomic E-state index is 11.3. The molecule has 1 fully saturated rings. The Hall–Kier alpha value is -2.15. The molecule has 0 saturated carbocycles. The largest absolute Gasteiger partial charge is 0.516 e. The summed E-state index contributed by atoms with van der Waals surface area (Å²) in [6, 6.07) is 5.13. The highest BCUT2D eigenvalue weighted by Crippen LogP contribution is 2.22. The zero-order valence-corrected chi connectivity index (χ0v) is 9.57. The smallest absolute Gasteiger partial charge is 0.404 e. The van der Waals surface area contributed by atoms with Crippen LogP contribution in [0.1, 0.15) is 6.92 Å². The van der Waals surface area contributed by atoms with Gasteiger partial charge in [0, 0.05) is 18.1 Å². The van der Waals surface area contributed by atoms with Crippen molar-refractivity contribution in [3.63, 3.8) is 0 Å². The van der Waals surface area contributed by atoms with Crippen LogP contribution in [0.25, 0.3) is 0 Å². The summed E-state index contributed by atoms with van der Waals surface area (Å²) in [6.45, 7) is 2.43. The van der Waals surface area contributed by atoms with E-state index in [0.717, 1.165) is 0 Å². The molecule has 1 aliphatic heterocycles. The van der Waals surface area contributed by atoms with Crippen molar-refractivity contribution >= 4 is 11.8 Å². The molecular weight excluding hydrogens is 242 g/mol. The Bertz CT molecular complexity index is 457. The number of non-ortho nitro benzene ring substituents is 1. The van der Waals surface area contributed by atoms with E-state index in [9.17, 15) is 14.9 Å². The fourth-order valence-corrected chi connectivity index (χ4v) is 1.37. The number of benzene rings is 1. The molecule has 1 saturated heterocycles. The van der Waals surface area contributed by atoms with Gasteiger partial charge in [-0.15, -0.1) is 0 Å². The van der Waals surface area contributed by atoms with Crippen LogP contribution in [-0.4, -0.2) is 24.0 Å². The first-order valence-electron chi connectivity index (χ1n) is 5.31. The van der Waals surface area contributed by atoms with E-state index >= 15 is 0 Å². The summed E-state index contributed by atoms with van der Waals surface area (Å²) < 4.78 is 14.7. The van der Waals surface area contributed by atoms with Crippen LogP contribution in [0.15, 0.2) is 24.3 Å². The zero-order valence-electron chi connectivity index (χ0n) is 9.57. The molecule has 7 heteroatoms. The average Bonchev–Trinajstić information content (AvgIpc) is 2.35. The first-order chi connectivity index (χ1) is 8.56. The second-order valence-electron chi connectivity index (χ2n) is 3.90. The molecule has 2 unspecified atom stereocenters. The van der Waals surface area contributed by atoms with E-state index in [4.69, 9.17) is 14.2 Å². The number of nitro groups is 1. The molecule has 18 heavy (non-hydrogen) atoms. The van der Waals surface area contributed by atoms with Crippen molar-refractivity contribution in [3.05, 3.63) is 34.4 Å². The highest BCUT2D eigenvalue weighted by molar-refractivity contribution is 5.64. The molecular formula is C11H11NO6. The minimum Gasteiger partial charge on any atom is -0.404 e. The molecule has 0 N–H and O–H groups in total. The zero-order chi connectivity index (χ0) is 13.1. The van der Waals surface area contributed by atoms with Crippen molar-refractivity contribution < 1.29 is 23.9 Å². The van der Waals surface area contributed by atoms with Gasteiger partial charge < -0.3 is 14.2 Å². The second kappa shape index (κ2) is 5.01. The number of ether oxygens (including phenoxy) is 3. The van der Waals surface area contributed by atoms with Gasteiger partial charge in [0.15, 0.2) is 0 Å². The monoisotopic (exact) mass is 253 g/mol. The molecule has 0 aromatic heterocycles. The van der Waals surface area contributed by atoms with E-state index in [1.54, 1.807) is 0 Å². The molecule has 0 radical (unpaired) electrons. The number of nitro benzene ring substituents is 1. The van der Waals surface area contributed by atoms with Crippen molar-refractivity contribution in [1.82, 2.24) is 0 Å². The Morgan fingerprint density at radius 3 is 2.56 bits per heavy atom. The van der Waals surface area contributed by atoms with Crippen LogP contribution in [0.3, 0.4) is 0 Å². The Labute approximate surface area is 102 Å². The van der Waals surface area contributed by atoms with Gasteiger partial charge in [0.1, 0.15) is 5.75 Å². The van der Waals surface area contributed by atoms with Crippen LogP contribution in [0.5, 0.6) is 5.75 Å². The van der Waals surface area contributed by atoms with Gasteiger partial charge in [0.2, 0.25) is 6.29 Å². The van der Waals surface area contributed by atoms with E-state index < -0.39 is 17.4 Å². The van der Waals surface area contributed by atoms with Gasteiger partial charge >= 0.3 is 6.16 Å². The number of rotatable bonds is 3. The highest BCUT2D eigenvalue weighted by Gasteiger charge is 2.32. The highest BCUT2D eigenvalue weighted by atomic mass is 16.8. The van der Waals surface area contributed by atoms with E-state index in [2.05, 4.69) is 0 Å². The predicted octanol–water partition coefficient (Wildman–Crippen LogP) is 2.10. The lowest BCUT2D eigenvalue weighted by Gasteiger charge is -2.32. The molecule has 0 bridgehead atoms. The number of carbonyl (C=O) groups excluding carboxylic acids is 1. The molecule has 0 amide bonds. The van der Waals surface area contributed by atoms with Crippen molar-refractivity contribution in [1.29, 1.82) is 0 Å². The maximum absolute atomic E-state index is 11.3. The SMILES string of the molecule is CC1COC1OC(=O)Oc1ccc([N+](=O)[O-])cc1. The fourth-order valence-electron chi connectivity index (χ4n) is 1.37. The van der Waals surface area contributed by atoms with Crippen LogP contribution in [-0.2, 0) is 9.47 Å². The van der Waals surface area contributed by atoms with Crippen LogP contribution < -0.4 is 4.74 Å². The summed E-state index contributed by atoms with van der Waals surface area (Å²) in [5, 5.41) is 10.4. The molecule has 96 valence electrons. The molecule has 1 aromatic carbocycles. The van der Waals surface area contributed by atoms with Gasteiger partial charge in [-0.3, -0.25) is 10.1 Å². The Balaban J connectivity index is 1.88. The fraction of sp³-hybridized carbons (Fsp3) is 0.364. The third kappa shape index (κ3) is 2.75. The van der Waals surface area contributed by atoms with Crippen molar-refractivity contribution in [2.75, 3.05) is 6.61 Å². The number of nitrogens with zero attached hydrogens (tertiary/aromatic N) is 1. The summed E-state index contributed by atoms with van der Waals surface area (Å²) in [5.41, 5.74) is -0.0772. The normalized spacial score (nSPS) is 21.8. The van der Waals surface area contributed by atoms with Gasteiger partial charge in [-0.25, -0.2) is 4.79 Å². The molecule has 2 atom stereocenters. The Morgan fingerprint density at radius 1 is 1.44 bits per heavy atom. The molecule has 2 rings (SSSR count). The topological polar surface area (TPSA) is 87.9 Å². The minimum absolute atomic E-state index is 0.0772. The van der Waals surface area contributed by atoms with Crippen molar-refractivity contribution in [2.45, 2.75) is 13.2 Å². The van der Waals surface area contributed by atoms with Gasteiger partial charge in [-0.2, -0.15) is 0 Å². The summed E-state index contributed by atoms with van der Waals surface area (Å²) in [5.74, 6) is 0.326. The first-order valence-corrected chi connectivity index (χ1v) is 5.31. The third-order valence-corrected chi connectivity index (χ3v) is 2.45. The summed E-state index contributed by atoms with van der Waals surface area (Å²) >= 11 is 0. The Morgan fingerprint density at radius 2 is 2.11 bits per heavy atom. The van der Waals surface area contributed by atoms with E-state index in [1.165, 1.54) is 24.3 Å². The number of hydrogen-bond donors (Lipinski definition) is 0. The molecule has 1 aliphatic rings. The standard InChI is InChI=1S/C11H11NO6/c1-7-6-16-10(7)18-11(13)17-9-4-2-8(3-5-9)12(14)15/h2-5,7,10H,6H2,1H3. The molecule has 1 aromatic rings. The predicted molar refractivity (Wildman–Crippen MR) is 59.1 cm³/mol. The molecule has 0 spiro atoms. The second-order valence-corrected chi connectivity index (χ2v) is 3.90. The van der Waals surface area contributed by atoms with E-state index in [0.29, 0.717) is 6.61 Å². The Kier molecular flexibility index (Phi) is 3.42. The van der Waals surface area contributed by atoms with Crippen LogP contribution in [0.2, 0.25) is 0 Å². The lowest BCUT2D eigenvalue weighted by molar-refractivity contribution is -0.384. The van der Waals surface area contributed by atoms with E-state index in [1.807, 2.05) is 6.92 Å². The number of hydrogen-bond acceptors (Lipinski definition) is 6. The molecule has 1 heterocycles. The third-order valence-electron chi connectivity index (χ3n) is 2.45. The van der Waals surface area contributed by atoms with Crippen molar-refractivity contribution in [3.8, 4) is 5.75 Å². The number of carbonyl (C=O) groups is 1. The van der Waals surface area contributed by atoms with E-state index in [-0.39, 0.29) is 17.4 Å².